The molecule has 2 amide bonds. The van der Waals surface area contributed by atoms with Gasteiger partial charge in [-0.1, -0.05) is 28.8 Å². The van der Waals surface area contributed by atoms with Crippen LogP contribution in [0, 0.1) is 11.8 Å². The highest BCUT2D eigenvalue weighted by Gasteiger charge is 2.49. The van der Waals surface area contributed by atoms with Gasteiger partial charge in [-0.25, -0.2) is 0 Å². The number of fused-ring (bicyclic) bond motifs is 1. The summed E-state index contributed by atoms with van der Waals surface area (Å²) in [7, 11) is 0. The van der Waals surface area contributed by atoms with Crippen LogP contribution in [-0.4, -0.2) is 11.8 Å². The molecule has 0 N–H and O–H groups in total. The van der Waals surface area contributed by atoms with Gasteiger partial charge >= 0.3 is 6.18 Å². The second-order valence-electron chi connectivity index (χ2n) is 5.67. The van der Waals surface area contributed by atoms with E-state index >= 15 is 0 Å². The van der Waals surface area contributed by atoms with Crippen LogP contribution in [0.1, 0.15) is 31.2 Å². The lowest BCUT2D eigenvalue weighted by Crippen LogP contribution is -2.31. The molecule has 2 aliphatic rings. The van der Waals surface area contributed by atoms with Crippen molar-refractivity contribution < 1.29 is 22.8 Å². The number of amides is 2. The summed E-state index contributed by atoms with van der Waals surface area (Å²) >= 11 is 2.86. The number of carbonyl (C=O) groups excluding carboxylic acids is 2. The fourth-order valence-electron chi connectivity index (χ4n) is 3.29. The van der Waals surface area contributed by atoms with E-state index < -0.39 is 11.7 Å². The van der Waals surface area contributed by atoms with Gasteiger partial charge < -0.3 is 0 Å². The molecule has 2 unspecified atom stereocenters. The van der Waals surface area contributed by atoms with Crippen LogP contribution in [0.2, 0.25) is 0 Å². The fraction of sp³-hybridized carbons (Fsp3) is 0.467. The Labute approximate surface area is 133 Å². The summed E-state index contributed by atoms with van der Waals surface area (Å²) in [6.07, 6.45) is -1.53. The van der Waals surface area contributed by atoms with Crippen molar-refractivity contribution in [1.29, 1.82) is 0 Å². The van der Waals surface area contributed by atoms with Crippen LogP contribution >= 0.6 is 15.9 Å². The Hall–Kier alpha value is -1.37. The first-order valence-corrected chi connectivity index (χ1v) is 7.84. The SMILES string of the molecule is O=C1C2CCCCC2C(=O)N1c1ccc(Br)c(C(F)(F)F)c1. The highest BCUT2D eigenvalue weighted by molar-refractivity contribution is 9.10. The molecule has 0 aromatic heterocycles. The van der Waals surface area contributed by atoms with Gasteiger partial charge in [0.15, 0.2) is 0 Å². The average Bonchev–Trinajstić information content (AvgIpc) is 2.71. The second kappa shape index (κ2) is 5.37. The minimum absolute atomic E-state index is 0.0000694. The summed E-state index contributed by atoms with van der Waals surface area (Å²) in [4.78, 5) is 25.8. The predicted molar refractivity (Wildman–Crippen MR) is 77.1 cm³/mol. The maximum absolute atomic E-state index is 13.0. The number of carbonyl (C=O) groups is 2. The molecule has 0 bridgehead atoms. The first-order valence-electron chi connectivity index (χ1n) is 7.05. The molecule has 118 valence electrons. The number of imide groups is 1. The van der Waals surface area contributed by atoms with E-state index in [0.717, 1.165) is 23.8 Å². The summed E-state index contributed by atoms with van der Waals surface area (Å²) in [5.41, 5.74) is -0.889. The van der Waals surface area contributed by atoms with Gasteiger partial charge in [0.05, 0.1) is 23.1 Å². The molecule has 0 radical (unpaired) electrons. The first kappa shape index (κ1) is 15.5. The Morgan fingerprint density at radius 3 is 2.09 bits per heavy atom. The number of halogens is 4. The summed E-state index contributed by atoms with van der Waals surface area (Å²) in [5, 5.41) is 0. The molecular formula is C15H13BrF3NO2. The molecule has 7 heteroatoms. The zero-order valence-electron chi connectivity index (χ0n) is 11.5. The number of nitrogens with zero attached hydrogens (tertiary/aromatic N) is 1. The summed E-state index contributed by atoms with van der Waals surface area (Å²) in [6, 6.07) is 3.45. The average molecular weight is 376 g/mol. The van der Waals surface area contributed by atoms with Gasteiger partial charge in [0.25, 0.3) is 0 Å². The molecule has 22 heavy (non-hydrogen) atoms. The Kier molecular flexibility index (Phi) is 3.79. The highest BCUT2D eigenvalue weighted by atomic mass is 79.9. The maximum atomic E-state index is 13.0. The highest BCUT2D eigenvalue weighted by Crippen LogP contribution is 2.42. The van der Waals surface area contributed by atoms with Gasteiger partial charge in [0, 0.05) is 4.47 Å². The van der Waals surface area contributed by atoms with E-state index in [1.165, 1.54) is 12.1 Å². The number of hydrogen-bond acceptors (Lipinski definition) is 2. The molecule has 1 heterocycles. The third-order valence-electron chi connectivity index (χ3n) is 4.35. The van der Waals surface area contributed by atoms with Crippen molar-refractivity contribution >= 4 is 33.4 Å². The minimum Gasteiger partial charge on any atom is -0.274 e. The Bertz CT molecular complexity index is 620. The van der Waals surface area contributed by atoms with Gasteiger partial charge in [-0.05, 0) is 31.0 Å². The van der Waals surface area contributed by atoms with E-state index in [2.05, 4.69) is 15.9 Å². The van der Waals surface area contributed by atoms with E-state index in [9.17, 15) is 22.8 Å². The van der Waals surface area contributed by atoms with E-state index in [-0.39, 0.29) is 33.8 Å². The van der Waals surface area contributed by atoms with Crippen LogP contribution in [0.5, 0.6) is 0 Å². The van der Waals surface area contributed by atoms with Gasteiger partial charge in [-0.2, -0.15) is 13.2 Å². The van der Waals surface area contributed by atoms with E-state index in [4.69, 9.17) is 0 Å². The van der Waals surface area contributed by atoms with Crippen LogP contribution in [0.4, 0.5) is 18.9 Å². The van der Waals surface area contributed by atoms with Gasteiger partial charge in [0.1, 0.15) is 0 Å². The zero-order chi connectivity index (χ0) is 16.1. The van der Waals surface area contributed by atoms with E-state index in [1.807, 2.05) is 0 Å². The normalized spacial score (nSPS) is 25.5. The maximum Gasteiger partial charge on any atom is 0.417 e. The molecule has 1 aromatic rings. The molecular weight excluding hydrogens is 363 g/mol. The van der Waals surface area contributed by atoms with Gasteiger partial charge in [0.2, 0.25) is 11.8 Å². The number of rotatable bonds is 1. The van der Waals surface area contributed by atoms with Crippen molar-refractivity contribution in [2.24, 2.45) is 11.8 Å². The van der Waals surface area contributed by atoms with Crippen LogP contribution in [0.3, 0.4) is 0 Å². The molecule has 1 aliphatic carbocycles. The topological polar surface area (TPSA) is 37.4 Å². The number of alkyl halides is 3. The lowest BCUT2D eigenvalue weighted by atomic mass is 9.81. The summed E-state index contributed by atoms with van der Waals surface area (Å²) < 4.78 is 38.9. The molecule has 2 fully saturated rings. The van der Waals surface area contributed by atoms with Crippen molar-refractivity contribution in [2.45, 2.75) is 31.9 Å². The zero-order valence-corrected chi connectivity index (χ0v) is 13.1. The molecule has 0 spiro atoms. The first-order chi connectivity index (χ1) is 10.3. The molecule has 3 nitrogen and oxygen atoms in total. The smallest absolute Gasteiger partial charge is 0.274 e. The molecule has 1 aromatic carbocycles. The predicted octanol–water partition coefficient (Wildman–Crippen LogP) is 4.15. The van der Waals surface area contributed by atoms with Crippen LogP contribution in [0.25, 0.3) is 0 Å². The van der Waals surface area contributed by atoms with Crippen LogP contribution in [-0.2, 0) is 15.8 Å². The molecule has 2 atom stereocenters. The molecule has 3 rings (SSSR count). The largest absolute Gasteiger partial charge is 0.417 e. The third kappa shape index (κ3) is 2.45. The standard InChI is InChI=1S/C15H13BrF3NO2/c16-12-6-5-8(7-11(12)15(17,18)19)20-13(21)9-3-1-2-4-10(9)14(20)22/h5-7,9-10H,1-4H2. The fourth-order valence-corrected chi connectivity index (χ4v) is 3.76. The molecule has 1 saturated heterocycles. The lowest BCUT2D eigenvalue weighted by Gasteiger charge is -2.19. The number of anilines is 1. The monoisotopic (exact) mass is 375 g/mol. The lowest BCUT2D eigenvalue weighted by molar-refractivity contribution is -0.138. The van der Waals surface area contributed by atoms with Crippen molar-refractivity contribution in [3.05, 3.63) is 28.2 Å². The number of benzene rings is 1. The Morgan fingerprint density at radius 2 is 1.59 bits per heavy atom. The van der Waals surface area contributed by atoms with Crippen molar-refractivity contribution in [1.82, 2.24) is 0 Å². The Balaban J connectivity index is 2.01. The van der Waals surface area contributed by atoms with Crippen molar-refractivity contribution in [3.8, 4) is 0 Å². The molecule has 1 saturated carbocycles. The Morgan fingerprint density at radius 1 is 1.05 bits per heavy atom. The molecule has 1 aliphatic heterocycles. The third-order valence-corrected chi connectivity index (χ3v) is 5.05. The van der Waals surface area contributed by atoms with Gasteiger partial charge in [-0.15, -0.1) is 0 Å². The number of hydrogen-bond donors (Lipinski definition) is 0. The summed E-state index contributed by atoms with van der Waals surface area (Å²) in [5.74, 6) is -1.49. The van der Waals surface area contributed by atoms with E-state index in [0.29, 0.717) is 12.8 Å². The van der Waals surface area contributed by atoms with Crippen LogP contribution in [0.15, 0.2) is 22.7 Å². The van der Waals surface area contributed by atoms with E-state index in [1.54, 1.807) is 0 Å². The minimum atomic E-state index is -4.55. The summed E-state index contributed by atoms with van der Waals surface area (Å²) in [6.45, 7) is 0. The van der Waals surface area contributed by atoms with Gasteiger partial charge in [-0.3, -0.25) is 14.5 Å². The quantitative estimate of drug-likeness (QED) is 0.691. The second-order valence-corrected chi connectivity index (χ2v) is 6.53. The van der Waals surface area contributed by atoms with Crippen molar-refractivity contribution in [2.75, 3.05) is 4.90 Å². The van der Waals surface area contributed by atoms with Crippen LogP contribution < -0.4 is 4.90 Å². The van der Waals surface area contributed by atoms with Crippen molar-refractivity contribution in [3.63, 3.8) is 0 Å².